The van der Waals surface area contributed by atoms with Gasteiger partial charge in [0.2, 0.25) is 5.78 Å². The van der Waals surface area contributed by atoms with Crippen molar-refractivity contribution in [1.29, 1.82) is 0 Å². The number of nitrogens with one attached hydrogen (secondary N) is 1. The summed E-state index contributed by atoms with van der Waals surface area (Å²) in [6.45, 7) is 1.82. The van der Waals surface area contributed by atoms with Crippen molar-refractivity contribution in [3.05, 3.63) is 83.4 Å². The fourth-order valence-electron chi connectivity index (χ4n) is 3.34. The molecule has 0 aliphatic carbocycles. The number of rotatable bonds is 6. The molecule has 0 bridgehead atoms. The van der Waals surface area contributed by atoms with Crippen LogP contribution in [0.3, 0.4) is 0 Å². The molecule has 2 aromatic carbocycles. The van der Waals surface area contributed by atoms with Crippen LogP contribution < -0.4 is 14.8 Å². The molecule has 1 amide bonds. The maximum absolute atomic E-state index is 13.2. The lowest BCUT2D eigenvalue weighted by Crippen LogP contribution is -2.11. The Morgan fingerprint density at radius 1 is 0.968 bits per heavy atom. The normalized spacial score (nSPS) is 10.7. The highest BCUT2D eigenvalue weighted by atomic mass is 16.5. The molecule has 0 aliphatic heterocycles. The molecule has 1 N–H and O–H groups in total. The van der Waals surface area contributed by atoms with Crippen LogP contribution in [0.15, 0.2) is 65.3 Å². The zero-order chi connectivity index (χ0) is 22.0. The molecule has 0 saturated carbocycles. The van der Waals surface area contributed by atoms with Gasteiger partial charge in [-0.25, -0.2) is 0 Å². The van der Waals surface area contributed by atoms with Gasteiger partial charge in [-0.3, -0.25) is 14.6 Å². The minimum absolute atomic E-state index is 0.208. The maximum Gasteiger partial charge on any atom is 0.255 e. The summed E-state index contributed by atoms with van der Waals surface area (Å²) in [5, 5.41) is 3.61. The Morgan fingerprint density at radius 2 is 1.74 bits per heavy atom. The number of fused-ring (bicyclic) bond motifs is 1. The summed E-state index contributed by atoms with van der Waals surface area (Å²) >= 11 is 0. The number of carbonyl (C=O) groups is 2. The predicted octanol–water partition coefficient (Wildman–Crippen LogP) is 4.64. The molecule has 0 unspecified atom stereocenters. The number of benzene rings is 2. The lowest BCUT2D eigenvalue weighted by molar-refractivity contribution is 0.100. The van der Waals surface area contributed by atoms with Crippen LogP contribution in [0.4, 0.5) is 5.69 Å². The molecule has 2 aromatic heterocycles. The Morgan fingerprint density at radius 3 is 2.45 bits per heavy atom. The Hall–Kier alpha value is -4.13. The number of pyridine rings is 1. The molecule has 0 fully saturated rings. The third kappa shape index (κ3) is 3.85. The number of hydrogen-bond donors (Lipinski definition) is 1. The van der Waals surface area contributed by atoms with Crippen molar-refractivity contribution < 1.29 is 23.5 Å². The number of hydrogen-bond acceptors (Lipinski definition) is 6. The van der Waals surface area contributed by atoms with E-state index in [4.69, 9.17) is 13.9 Å². The van der Waals surface area contributed by atoms with Crippen LogP contribution in [0, 0.1) is 6.92 Å². The molecule has 0 aliphatic rings. The number of nitrogens with zero attached hydrogens (tertiary/aromatic N) is 1. The van der Waals surface area contributed by atoms with Crippen LogP contribution in [0.2, 0.25) is 0 Å². The molecule has 0 atom stereocenters. The average Bonchev–Trinajstić information content (AvgIpc) is 3.14. The van der Waals surface area contributed by atoms with Crippen molar-refractivity contribution in [2.45, 2.75) is 6.92 Å². The minimum Gasteiger partial charge on any atom is -0.497 e. The van der Waals surface area contributed by atoms with Crippen LogP contribution >= 0.6 is 0 Å². The highest BCUT2D eigenvalue weighted by molar-refractivity contribution is 6.12. The van der Waals surface area contributed by atoms with Gasteiger partial charge in [0.1, 0.15) is 17.1 Å². The van der Waals surface area contributed by atoms with E-state index >= 15 is 0 Å². The number of anilines is 1. The number of amides is 1. The second-order valence-electron chi connectivity index (χ2n) is 6.85. The molecule has 4 aromatic rings. The summed E-state index contributed by atoms with van der Waals surface area (Å²) in [7, 11) is 3.03. The van der Waals surface area contributed by atoms with E-state index in [9.17, 15) is 9.59 Å². The van der Waals surface area contributed by atoms with Crippen molar-refractivity contribution >= 4 is 28.3 Å². The molecular weight excluding hydrogens is 396 g/mol. The van der Waals surface area contributed by atoms with Crippen LogP contribution in [0.1, 0.15) is 32.0 Å². The van der Waals surface area contributed by atoms with E-state index in [1.807, 2.05) is 13.0 Å². The van der Waals surface area contributed by atoms with Gasteiger partial charge in [-0.1, -0.05) is 0 Å². The van der Waals surface area contributed by atoms with Gasteiger partial charge in [-0.2, -0.15) is 0 Å². The van der Waals surface area contributed by atoms with E-state index in [-0.39, 0.29) is 17.5 Å². The smallest absolute Gasteiger partial charge is 0.255 e. The van der Waals surface area contributed by atoms with Gasteiger partial charge >= 0.3 is 0 Å². The van der Waals surface area contributed by atoms with Crippen molar-refractivity contribution in [1.82, 2.24) is 4.98 Å². The molecule has 0 spiro atoms. The summed E-state index contributed by atoms with van der Waals surface area (Å²) in [5.74, 6) is 0.600. The largest absolute Gasteiger partial charge is 0.497 e. The first kappa shape index (κ1) is 20.2. The molecule has 0 radical (unpaired) electrons. The van der Waals surface area contributed by atoms with Crippen LogP contribution in [0.25, 0.3) is 11.0 Å². The molecule has 31 heavy (non-hydrogen) atoms. The number of furan rings is 1. The molecule has 4 rings (SSSR count). The molecular formula is C24H20N2O5. The molecule has 156 valence electrons. The fourth-order valence-corrected chi connectivity index (χ4v) is 3.34. The van der Waals surface area contributed by atoms with Gasteiger partial charge < -0.3 is 19.2 Å². The van der Waals surface area contributed by atoms with Crippen molar-refractivity contribution in [3.8, 4) is 11.5 Å². The number of aromatic nitrogens is 1. The predicted molar refractivity (Wildman–Crippen MR) is 116 cm³/mol. The summed E-state index contributed by atoms with van der Waals surface area (Å²) in [4.78, 5) is 29.5. The third-order valence-corrected chi connectivity index (χ3v) is 5.00. The van der Waals surface area contributed by atoms with Crippen molar-refractivity contribution in [2.24, 2.45) is 0 Å². The first-order valence-corrected chi connectivity index (χ1v) is 9.53. The Bertz CT molecular complexity index is 1280. The van der Waals surface area contributed by atoms with Crippen molar-refractivity contribution in [3.63, 3.8) is 0 Å². The SMILES string of the molecule is COc1ccc(OC)c(C(=O)c2oc3cc(NC(=O)c4ccncc4)ccc3c2C)c1. The van der Waals surface area contributed by atoms with Crippen molar-refractivity contribution in [2.75, 3.05) is 19.5 Å². The standard InChI is InChI=1S/C24H20N2O5/c1-14-18-6-4-16(26-24(28)15-8-10-25-11-9-15)12-21(18)31-23(14)22(27)19-13-17(29-2)5-7-20(19)30-3/h4-13H,1-3H3,(H,26,28). The minimum atomic E-state index is -0.313. The summed E-state index contributed by atoms with van der Waals surface area (Å²) < 4.78 is 16.5. The second kappa shape index (κ2) is 8.31. The maximum atomic E-state index is 13.2. The van der Waals surface area contributed by atoms with Gasteiger partial charge in [-0.15, -0.1) is 0 Å². The Kier molecular flexibility index (Phi) is 5.41. The van der Waals surface area contributed by atoms with Crippen LogP contribution in [-0.4, -0.2) is 30.9 Å². The number of ether oxygens (including phenoxy) is 2. The lowest BCUT2D eigenvalue weighted by atomic mass is 10.0. The lowest BCUT2D eigenvalue weighted by Gasteiger charge is -2.08. The fraction of sp³-hybridized carbons (Fsp3) is 0.125. The monoisotopic (exact) mass is 416 g/mol. The topological polar surface area (TPSA) is 90.7 Å². The first-order chi connectivity index (χ1) is 15.0. The quantitative estimate of drug-likeness (QED) is 0.461. The number of carbonyl (C=O) groups excluding carboxylic acids is 2. The van der Waals surface area contributed by atoms with E-state index in [0.717, 1.165) is 5.39 Å². The van der Waals surface area contributed by atoms with E-state index in [1.54, 1.807) is 54.9 Å². The van der Waals surface area contributed by atoms with Crippen LogP contribution in [-0.2, 0) is 0 Å². The third-order valence-electron chi connectivity index (χ3n) is 5.00. The summed E-state index contributed by atoms with van der Waals surface area (Å²) in [6, 6.07) is 13.6. The van der Waals surface area contributed by atoms with E-state index in [2.05, 4.69) is 10.3 Å². The van der Waals surface area contributed by atoms with Gasteiger partial charge in [0.05, 0.1) is 19.8 Å². The Balaban J connectivity index is 1.68. The highest BCUT2D eigenvalue weighted by Crippen LogP contribution is 2.32. The molecule has 7 heteroatoms. The molecule has 7 nitrogen and oxygen atoms in total. The summed E-state index contributed by atoms with van der Waals surface area (Å²) in [5.41, 5.74) is 2.59. The van der Waals surface area contributed by atoms with E-state index in [1.165, 1.54) is 14.2 Å². The first-order valence-electron chi connectivity index (χ1n) is 9.53. The van der Waals surface area contributed by atoms with E-state index in [0.29, 0.717) is 39.5 Å². The van der Waals surface area contributed by atoms with Gasteiger partial charge in [-0.05, 0) is 49.4 Å². The second-order valence-corrected chi connectivity index (χ2v) is 6.85. The number of methoxy groups -OCH3 is 2. The molecule has 0 saturated heterocycles. The summed E-state index contributed by atoms with van der Waals surface area (Å²) in [6.07, 6.45) is 3.11. The number of ketones is 1. The number of aryl methyl sites for hydroxylation is 1. The zero-order valence-corrected chi connectivity index (χ0v) is 17.3. The highest BCUT2D eigenvalue weighted by Gasteiger charge is 2.23. The zero-order valence-electron chi connectivity index (χ0n) is 17.3. The van der Waals surface area contributed by atoms with Crippen LogP contribution in [0.5, 0.6) is 11.5 Å². The Labute approximate surface area is 178 Å². The van der Waals surface area contributed by atoms with Gasteiger partial charge in [0.25, 0.3) is 5.91 Å². The van der Waals surface area contributed by atoms with E-state index < -0.39 is 0 Å². The molecule has 2 heterocycles. The average molecular weight is 416 g/mol. The van der Waals surface area contributed by atoms with Gasteiger partial charge in [0.15, 0.2) is 5.76 Å². The van der Waals surface area contributed by atoms with Gasteiger partial charge in [0, 0.05) is 40.7 Å².